The zero-order valence-corrected chi connectivity index (χ0v) is 10.5. The Morgan fingerprint density at radius 1 is 1.44 bits per heavy atom. The number of aliphatic imine (C=N–C) groups is 1. The number of hydrogen-bond acceptors (Lipinski definition) is 4. The fourth-order valence-electron chi connectivity index (χ4n) is 2.41. The van der Waals surface area contributed by atoms with E-state index >= 15 is 0 Å². The van der Waals surface area contributed by atoms with E-state index < -0.39 is 0 Å². The molecule has 1 atom stereocenters. The predicted molar refractivity (Wildman–Crippen MR) is 67.7 cm³/mol. The Labute approximate surface area is 98.5 Å². The number of rotatable bonds is 3. The number of nitrogens with zero attached hydrogens (tertiary/aromatic N) is 2. The van der Waals surface area contributed by atoms with Crippen LogP contribution in [0.5, 0.6) is 0 Å². The van der Waals surface area contributed by atoms with Gasteiger partial charge in [0.25, 0.3) is 0 Å². The Hall–Kier alpha value is -0.770. The molecule has 1 saturated heterocycles. The lowest BCUT2D eigenvalue weighted by molar-refractivity contribution is 0.213. The van der Waals surface area contributed by atoms with Crippen molar-refractivity contribution in [2.45, 2.75) is 32.2 Å². The van der Waals surface area contributed by atoms with Gasteiger partial charge in [-0.1, -0.05) is 0 Å². The van der Waals surface area contributed by atoms with Crippen LogP contribution in [0.3, 0.4) is 0 Å². The van der Waals surface area contributed by atoms with Crippen molar-refractivity contribution in [3.63, 3.8) is 0 Å². The second-order valence-electron chi connectivity index (χ2n) is 5.20. The predicted octanol–water partition coefficient (Wildman–Crippen LogP) is 0.656. The molecule has 0 spiro atoms. The van der Waals surface area contributed by atoms with E-state index in [1.54, 1.807) is 0 Å². The Balaban J connectivity index is 1.58. The molecule has 2 aliphatic heterocycles. The van der Waals surface area contributed by atoms with Crippen molar-refractivity contribution in [2.75, 3.05) is 33.2 Å². The van der Waals surface area contributed by atoms with Crippen LogP contribution in [-0.2, 0) is 0 Å². The number of piperidine rings is 1. The number of nitrogens with one attached hydrogen (secondary N) is 2. The van der Waals surface area contributed by atoms with Crippen LogP contribution in [0.25, 0.3) is 0 Å². The first-order valence-corrected chi connectivity index (χ1v) is 6.47. The van der Waals surface area contributed by atoms with Gasteiger partial charge in [0.1, 0.15) is 0 Å². The summed E-state index contributed by atoms with van der Waals surface area (Å²) in [6.07, 6.45) is 3.99. The van der Waals surface area contributed by atoms with Crippen LogP contribution in [0.2, 0.25) is 0 Å². The van der Waals surface area contributed by atoms with E-state index in [1.807, 2.05) is 0 Å². The van der Waals surface area contributed by atoms with Crippen LogP contribution in [0.15, 0.2) is 4.99 Å². The molecule has 0 amide bonds. The van der Waals surface area contributed by atoms with E-state index in [4.69, 9.17) is 0 Å². The third kappa shape index (κ3) is 3.37. The van der Waals surface area contributed by atoms with Gasteiger partial charge in [-0.2, -0.15) is 0 Å². The molecule has 0 saturated carbocycles. The molecule has 16 heavy (non-hydrogen) atoms. The lowest BCUT2D eigenvalue weighted by Gasteiger charge is -2.28. The Bertz CT molecular complexity index is 243. The largest absolute Gasteiger partial charge is 0.356 e. The first-order chi connectivity index (χ1) is 7.74. The van der Waals surface area contributed by atoms with Crippen molar-refractivity contribution in [3.8, 4) is 0 Å². The maximum atomic E-state index is 4.40. The van der Waals surface area contributed by atoms with E-state index in [-0.39, 0.29) is 0 Å². The summed E-state index contributed by atoms with van der Waals surface area (Å²) >= 11 is 0. The molecular formula is C12H24N4. The molecule has 0 aromatic heterocycles. The summed E-state index contributed by atoms with van der Waals surface area (Å²) in [5.41, 5.74) is 0. The second-order valence-corrected chi connectivity index (χ2v) is 5.20. The van der Waals surface area contributed by atoms with Crippen molar-refractivity contribution in [1.82, 2.24) is 15.5 Å². The fraction of sp³-hybridized carbons (Fsp3) is 0.917. The molecule has 4 heteroatoms. The molecule has 0 radical (unpaired) electrons. The molecule has 0 aromatic rings. The van der Waals surface area contributed by atoms with Crippen LogP contribution < -0.4 is 10.6 Å². The van der Waals surface area contributed by atoms with Crippen LogP contribution in [-0.4, -0.2) is 50.1 Å². The van der Waals surface area contributed by atoms with Gasteiger partial charge in [0.2, 0.25) is 0 Å². The van der Waals surface area contributed by atoms with Gasteiger partial charge in [0.05, 0.1) is 6.54 Å². The maximum Gasteiger partial charge on any atom is 0.191 e. The van der Waals surface area contributed by atoms with Gasteiger partial charge in [-0.25, -0.2) is 0 Å². The quantitative estimate of drug-likeness (QED) is 0.739. The summed E-state index contributed by atoms with van der Waals surface area (Å²) in [5, 5.41) is 6.73. The molecule has 0 aliphatic carbocycles. The zero-order valence-electron chi connectivity index (χ0n) is 10.5. The van der Waals surface area contributed by atoms with Gasteiger partial charge in [0.15, 0.2) is 5.96 Å². The average molecular weight is 224 g/mol. The van der Waals surface area contributed by atoms with E-state index in [0.29, 0.717) is 6.04 Å². The van der Waals surface area contributed by atoms with E-state index in [0.717, 1.165) is 25.0 Å². The molecule has 1 unspecified atom stereocenters. The van der Waals surface area contributed by atoms with Crippen molar-refractivity contribution in [3.05, 3.63) is 0 Å². The summed E-state index contributed by atoms with van der Waals surface area (Å²) < 4.78 is 0. The molecule has 2 aliphatic rings. The first kappa shape index (κ1) is 11.7. The van der Waals surface area contributed by atoms with Gasteiger partial charge < -0.3 is 15.5 Å². The van der Waals surface area contributed by atoms with E-state index in [9.17, 15) is 0 Å². The van der Waals surface area contributed by atoms with Gasteiger partial charge >= 0.3 is 0 Å². The van der Waals surface area contributed by atoms with Gasteiger partial charge in [-0.15, -0.1) is 0 Å². The highest BCUT2D eigenvalue weighted by Crippen LogP contribution is 2.18. The summed E-state index contributed by atoms with van der Waals surface area (Å²) in [6, 6.07) is 0.505. The minimum Gasteiger partial charge on any atom is -0.356 e. The molecule has 1 fully saturated rings. The minimum atomic E-state index is 0.505. The number of likely N-dealkylation sites (tertiary alicyclic amines) is 1. The van der Waals surface area contributed by atoms with E-state index in [1.165, 1.54) is 32.4 Å². The minimum absolute atomic E-state index is 0.505. The smallest absolute Gasteiger partial charge is 0.191 e. The van der Waals surface area contributed by atoms with Gasteiger partial charge in [-0.3, -0.25) is 4.99 Å². The summed E-state index contributed by atoms with van der Waals surface area (Å²) in [5.74, 6) is 1.91. The third-order valence-corrected chi connectivity index (χ3v) is 3.59. The van der Waals surface area contributed by atoms with Crippen molar-refractivity contribution in [2.24, 2.45) is 10.9 Å². The van der Waals surface area contributed by atoms with Crippen LogP contribution in [0.1, 0.15) is 26.2 Å². The molecule has 0 aromatic carbocycles. The summed E-state index contributed by atoms with van der Waals surface area (Å²) in [4.78, 5) is 6.82. The van der Waals surface area contributed by atoms with Crippen LogP contribution in [0, 0.1) is 5.92 Å². The molecular weight excluding hydrogens is 200 g/mol. The standard InChI is InChI=1S/C12H24N4/c1-10-9-14-12(15-10)13-6-3-11-4-7-16(2)8-5-11/h10-11H,3-9H2,1-2H3,(H2,13,14,15). The van der Waals surface area contributed by atoms with Crippen LogP contribution >= 0.6 is 0 Å². The second kappa shape index (κ2) is 5.53. The normalized spacial score (nSPS) is 27.6. The Kier molecular flexibility index (Phi) is 4.04. The lowest BCUT2D eigenvalue weighted by atomic mass is 9.94. The van der Waals surface area contributed by atoms with Crippen LogP contribution in [0.4, 0.5) is 0 Å². The maximum absolute atomic E-state index is 4.40. The number of guanidine groups is 1. The SMILES string of the molecule is CC1CN=C(NCCC2CCN(C)CC2)N1. The van der Waals surface area contributed by atoms with Crippen molar-refractivity contribution in [1.29, 1.82) is 0 Å². The topological polar surface area (TPSA) is 39.7 Å². The molecule has 0 bridgehead atoms. The Morgan fingerprint density at radius 3 is 2.81 bits per heavy atom. The van der Waals surface area contributed by atoms with Crippen molar-refractivity contribution < 1.29 is 0 Å². The monoisotopic (exact) mass is 224 g/mol. The summed E-state index contributed by atoms with van der Waals surface area (Å²) in [6.45, 7) is 6.67. The highest BCUT2D eigenvalue weighted by Gasteiger charge is 2.17. The number of hydrogen-bond donors (Lipinski definition) is 2. The molecule has 4 nitrogen and oxygen atoms in total. The fourth-order valence-corrected chi connectivity index (χ4v) is 2.41. The highest BCUT2D eigenvalue weighted by molar-refractivity contribution is 5.81. The summed E-state index contributed by atoms with van der Waals surface area (Å²) in [7, 11) is 2.22. The lowest BCUT2D eigenvalue weighted by Crippen LogP contribution is -2.39. The van der Waals surface area contributed by atoms with E-state index in [2.05, 4.69) is 34.5 Å². The third-order valence-electron chi connectivity index (χ3n) is 3.59. The molecule has 2 N–H and O–H groups in total. The van der Waals surface area contributed by atoms with Gasteiger partial charge in [-0.05, 0) is 52.2 Å². The highest BCUT2D eigenvalue weighted by atomic mass is 15.2. The Morgan fingerprint density at radius 2 is 2.19 bits per heavy atom. The average Bonchev–Trinajstić information content (AvgIpc) is 2.67. The zero-order chi connectivity index (χ0) is 11.4. The van der Waals surface area contributed by atoms with Gasteiger partial charge in [0, 0.05) is 12.6 Å². The van der Waals surface area contributed by atoms with Crippen molar-refractivity contribution >= 4 is 5.96 Å². The molecule has 92 valence electrons. The molecule has 2 heterocycles. The first-order valence-electron chi connectivity index (χ1n) is 6.47. The molecule has 2 rings (SSSR count).